The van der Waals surface area contributed by atoms with Crippen LogP contribution in [0, 0.1) is 0 Å². The molecule has 138 valence electrons. The van der Waals surface area contributed by atoms with Crippen molar-refractivity contribution < 1.29 is 14.2 Å². The first-order valence-corrected chi connectivity index (χ1v) is 9.32. The Hall–Kier alpha value is -2.71. The number of nitrogens with one attached hydrogen (secondary N) is 1. The second-order valence-corrected chi connectivity index (χ2v) is 6.83. The predicted molar refractivity (Wildman–Crippen MR) is 107 cm³/mol. The van der Waals surface area contributed by atoms with Crippen LogP contribution in [0.4, 0.5) is 5.69 Å². The number of hydrogen-bond donors (Lipinski definition) is 1. The number of morpholine rings is 1. The highest BCUT2D eigenvalue weighted by molar-refractivity contribution is 7.80. The van der Waals surface area contributed by atoms with E-state index in [0.29, 0.717) is 37.3 Å². The summed E-state index contributed by atoms with van der Waals surface area (Å²) >= 11 is 5.52. The number of thiocarbonyl (C=S) groups is 1. The van der Waals surface area contributed by atoms with Gasteiger partial charge in [0, 0.05) is 30.9 Å². The molecule has 1 saturated heterocycles. The maximum absolute atomic E-state index is 5.65. The molecular weight excluding hydrogens is 364 g/mol. The van der Waals surface area contributed by atoms with E-state index in [1.54, 1.807) is 0 Å². The van der Waals surface area contributed by atoms with E-state index in [1.165, 1.54) is 0 Å². The molecule has 3 aromatic rings. The normalized spacial score (nSPS) is 16.5. The van der Waals surface area contributed by atoms with Crippen LogP contribution in [0.2, 0.25) is 0 Å². The summed E-state index contributed by atoms with van der Waals surface area (Å²) in [5, 5.41) is 3.99. The van der Waals surface area contributed by atoms with Crippen molar-refractivity contribution in [2.45, 2.75) is 0 Å². The van der Waals surface area contributed by atoms with Gasteiger partial charge in [-0.1, -0.05) is 0 Å². The second-order valence-electron chi connectivity index (χ2n) is 6.44. The van der Waals surface area contributed by atoms with E-state index in [2.05, 4.69) is 10.2 Å². The molecule has 0 atom stereocenters. The maximum Gasteiger partial charge on any atom is 0.173 e. The molecule has 2 aliphatic heterocycles. The van der Waals surface area contributed by atoms with Crippen molar-refractivity contribution in [2.75, 3.05) is 44.8 Å². The first-order chi connectivity index (χ1) is 13.3. The van der Waals surface area contributed by atoms with Crippen molar-refractivity contribution in [3.8, 4) is 11.5 Å². The Labute approximate surface area is 161 Å². The Morgan fingerprint density at radius 2 is 1.48 bits per heavy atom. The number of nitrogens with zero attached hydrogens (tertiary/aromatic N) is 3. The van der Waals surface area contributed by atoms with Crippen molar-refractivity contribution in [3.05, 3.63) is 30.3 Å². The number of rotatable bonds is 1. The summed E-state index contributed by atoms with van der Waals surface area (Å²) in [6.07, 6.45) is 0. The summed E-state index contributed by atoms with van der Waals surface area (Å²) in [5.74, 6) is 1.43. The molecule has 0 radical (unpaired) electrons. The molecule has 8 heteroatoms. The quantitative estimate of drug-likeness (QED) is 0.509. The lowest BCUT2D eigenvalue weighted by Gasteiger charge is -2.29. The first-order valence-electron chi connectivity index (χ1n) is 8.91. The highest BCUT2D eigenvalue weighted by atomic mass is 32.1. The van der Waals surface area contributed by atoms with Gasteiger partial charge in [0.15, 0.2) is 16.6 Å². The molecule has 0 aliphatic carbocycles. The van der Waals surface area contributed by atoms with Crippen LogP contribution in [-0.2, 0) is 4.74 Å². The van der Waals surface area contributed by atoms with E-state index in [1.807, 2.05) is 30.3 Å². The van der Waals surface area contributed by atoms with Gasteiger partial charge in [0.25, 0.3) is 0 Å². The summed E-state index contributed by atoms with van der Waals surface area (Å²) < 4.78 is 16.7. The molecule has 0 saturated carbocycles. The van der Waals surface area contributed by atoms with Crippen molar-refractivity contribution in [3.63, 3.8) is 0 Å². The molecule has 0 amide bonds. The molecule has 1 N–H and O–H groups in total. The number of fused-ring (bicyclic) bond motifs is 3. The molecule has 0 bridgehead atoms. The Morgan fingerprint density at radius 1 is 0.852 bits per heavy atom. The van der Waals surface area contributed by atoms with Crippen LogP contribution in [0.3, 0.4) is 0 Å². The summed E-state index contributed by atoms with van der Waals surface area (Å²) in [4.78, 5) is 11.6. The first kappa shape index (κ1) is 16.5. The monoisotopic (exact) mass is 382 g/mol. The highest BCUT2D eigenvalue weighted by Crippen LogP contribution is 2.34. The molecule has 0 unspecified atom stereocenters. The summed E-state index contributed by atoms with van der Waals surface area (Å²) in [6.45, 7) is 4.11. The fourth-order valence-corrected chi connectivity index (χ4v) is 3.56. The van der Waals surface area contributed by atoms with Gasteiger partial charge in [0.1, 0.15) is 13.2 Å². The van der Waals surface area contributed by atoms with Crippen LogP contribution in [0.5, 0.6) is 11.5 Å². The molecule has 2 aromatic carbocycles. The van der Waals surface area contributed by atoms with Gasteiger partial charge in [-0.15, -0.1) is 0 Å². The van der Waals surface area contributed by atoms with E-state index < -0.39 is 0 Å². The summed E-state index contributed by atoms with van der Waals surface area (Å²) in [5.41, 5.74) is 4.08. The van der Waals surface area contributed by atoms with Gasteiger partial charge in [0.2, 0.25) is 0 Å². The molecule has 3 heterocycles. The molecule has 27 heavy (non-hydrogen) atoms. The van der Waals surface area contributed by atoms with Crippen molar-refractivity contribution in [1.29, 1.82) is 0 Å². The van der Waals surface area contributed by atoms with Crippen LogP contribution in [-0.4, -0.2) is 59.5 Å². The second kappa shape index (κ2) is 6.79. The molecule has 7 nitrogen and oxygen atoms in total. The van der Waals surface area contributed by atoms with Gasteiger partial charge in [0.05, 0.1) is 35.3 Å². The summed E-state index contributed by atoms with van der Waals surface area (Å²) in [7, 11) is 0. The predicted octanol–water partition coefficient (Wildman–Crippen LogP) is 2.58. The Morgan fingerprint density at radius 3 is 2.19 bits per heavy atom. The van der Waals surface area contributed by atoms with Crippen LogP contribution < -0.4 is 14.8 Å². The fourth-order valence-electron chi connectivity index (χ4n) is 3.26. The number of benzene rings is 2. The zero-order valence-electron chi connectivity index (χ0n) is 14.6. The lowest BCUT2D eigenvalue weighted by Crippen LogP contribution is -2.42. The van der Waals surface area contributed by atoms with Crippen molar-refractivity contribution >= 4 is 45.1 Å². The van der Waals surface area contributed by atoms with E-state index in [9.17, 15) is 0 Å². The average Bonchev–Trinajstić information content (AvgIpc) is 2.71. The van der Waals surface area contributed by atoms with E-state index in [-0.39, 0.29) is 0 Å². The zero-order valence-corrected chi connectivity index (χ0v) is 15.4. The number of aromatic nitrogens is 2. The molecular formula is C19H18N4O3S. The van der Waals surface area contributed by atoms with Crippen LogP contribution in [0.15, 0.2) is 30.3 Å². The van der Waals surface area contributed by atoms with Crippen molar-refractivity contribution in [2.24, 2.45) is 0 Å². The lowest BCUT2D eigenvalue weighted by atomic mass is 10.2. The fraction of sp³-hybridized carbons (Fsp3) is 0.316. The minimum absolute atomic E-state index is 0.548. The number of ether oxygens (including phenoxy) is 3. The Kier molecular flexibility index (Phi) is 4.14. The van der Waals surface area contributed by atoms with Gasteiger partial charge in [-0.25, -0.2) is 9.97 Å². The minimum Gasteiger partial charge on any atom is -0.486 e. The topological polar surface area (TPSA) is 68.7 Å². The SMILES string of the molecule is S=C(Nc1ccc2nc3cc4c(cc3nc2c1)OCCO4)N1CCOCC1. The molecule has 5 rings (SSSR count). The minimum atomic E-state index is 0.548. The van der Waals surface area contributed by atoms with E-state index in [0.717, 1.165) is 46.6 Å². The van der Waals surface area contributed by atoms with E-state index >= 15 is 0 Å². The van der Waals surface area contributed by atoms with E-state index in [4.69, 9.17) is 36.4 Å². The maximum atomic E-state index is 5.65. The standard InChI is InChI=1S/C19H18N4O3S/c27-19(23-3-5-24-6-4-23)20-12-1-2-13-14(9-12)22-16-11-18-17(10-15(16)21-13)25-7-8-26-18/h1-2,9-11H,3-8H2,(H,20,27). The van der Waals surface area contributed by atoms with Crippen LogP contribution >= 0.6 is 12.2 Å². The third-order valence-corrected chi connectivity index (χ3v) is 5.01. The van der Waals surface area contributed by atoms with Crippen molar-refractivity contribution in [1.82, 2.24) is 14.9 Å². The third kappa shape index (κ3) is 3.22. The zero-order chi connectivity index (χ0) is 18.2. The third-order valence-electron chi connectivity index (χ3n) is 4.65. The molecule has 1 aromatic heterocycles. The van der Waals surface area contributed by atoms with Gasteiger partial charge in [-0.2, -0.15) is 0 Å². The molecule has 1 fully saturated rings. The van der Waals surface area contributed by atoms with Crippen LogP contribution in [0.1, 0.15) is 0 Å². The Balaban J connectivity index is 1.47. The molecule has 2 aliphatic rings. The Bertz CT molecular complexity index is 1040. The van der Waals surface area contributed by atoms with Crippen LogP contribution in [0.25, 0.3) is 22.1 Å². The van der Waals surface area contributed by atoms with Gasteiger partial charge in [-0.3, -0.25) is 0 Å². The smallest absolute Gasteiger partial charge is 0.173 e. The van der Waals surface area contributed by atoms with Gasteiger partial charge >= 0.3 is 0 Å². The lowest BCUT2D eigenvalue weighted by molar-refractivity contribution is 0.0690. The largest absolute Gasteiger partial charge is 0.486 e. The number of hydrogen-bond acceptors (Lipinski definition) is 6. The summed E-state index contributed by atoms with van der Waals surface area (Å²) in [6, 6.07) is 9.65. The highest BCUT2D eigenvalue weighted by Gasteiger charge is 2.16. The number of anilines is 1. The average molecular weight is 382 g/mol. The van der Waals surface area contributed by atoms with Gasteiger partial charge in [-0.05, 0) is 30.4 Å². The van der Waals surface area contributed by atoms with Gasteiger partial charge < -0.3 is 24.4 Å². The molecule has 0 spiro atoms.